The molecule has 0 fully saturated rings. The van der Waals surface area contributed by atoms with E-state index in [2.05, 4.69) is 9.82 Å². The van der Waals surface area contributed by atoms with Crippen molar-refractivity contribution in [3.8, 4) is 0 Å². The monoisotopic (exact) mass is 313 g/mol. The van der Waals surface area contributed by atoms with Crippen LogP contribution in [0.1, 0.15) is 12.0 Å². The van der Waals surface area contributed by atoms with Crippen molar-refractivity contribution in [2.24, 2.45) is 7.05 Å². The molecular weight excluding hydrogens is 298 g/mol. The van der Waals surface area contributed by atoms with Gasteiger partial charge < -0.3 is 0 Å². The van der Waals surface area contributed by atoms with Crippen LogP contribution in [0.4, 0.5) is 5.69 Å². The van der Waals surface area contributed by atoms with E-state index in [4.69, 9.17) is 11.6 Å². The van der Waals surface area contributed by atoms with Crippen LogP contribution in [0.25, 0.3) is 0 Å². The Hall–Kier alpha value is -1.53. The summed E-state index contributed by atoms with van der Waals surface area (Å²) in [6.07, 6.45) is 4.46. The third-order valence-corrected chi connectivity index (χ3v) is 4.37. The van der Waals surface area contributed by atoms with Crippen molar-refractivity contribution in [3.05, 3.63) is 42.2 Å². The molecule has 0 atom stereocenters. The Morgan fingerprint density at radius 3 is 2.85 bits per heavy atom. The Balaban J connectivity index is 2.17. The molecule has 1 aromatic heterocycles. The Kier molecular flexibility index (Phi) is 4.67. The summed E-state index contributed by atoms with van der Waals surface area (Å²) in [5.41, 5.74) is 1.60. The molecule has 0 radical (unpaired) electrons. The summed E-state index contributed by atoms with van der Waals surface area (Å²) >= 11 is 5.66. The maximum Gasteiger partial charge on any atom is 0.265 e. The van der Waals surface area contributed by atoms with Gasteiger partial charge in [-0.15, -0.1) is 11.6 Å². The summed E-state index contributed by atoms with van der Waals surface area (Å²) in [7, 11) is -1.92. The van der Waals surface area contributed by atoms with E-state index in [-0.39, 0.29) is 4.90 Å². The lowest BCUT2D eigenvalue weighted by Crippen LogP contribution is -2.12. The number of alkyl halides is 1. The molecule has 1 N–H and O–H groups in total. The van der Waals surface area contributed by atoms with Gasteiger partial charge in [0, 0.05) is 24.8 Å². The zero-order valence-corrected chi connectivity index (χ0v) is 12.7. The van der Waals surface area contributed by atoms with E-state index in [0.717, 1.165) is 18.4 Å². The summed E-state index contributed by atoms with van der Waals surface area (Å²) < 4.78 is 28.3. The molecule has 0 amide bonds. The van der Waals surface area contributed by atoms with Crippen molar-refractivity contribution < 1.29 is 8.42 Å². The first-order valence-corrected chi connectivity index (χ1v) is 8.19. The molecule has 0 bridgehead atoms. The number of nitrogens with zero attached hydrogens (tertiary/aromatic N) is 2. The standard InChI is InChI=1S/C13H16ClN3O2S/c1-17-10-13(9-15-17)20(18,19)16-12-6-2-4-11(8-12)5-3-7-14/h2,4,6,8-10,16H,3,5,7H2,1H3. The smallest absolute Gasteiger partial charge is 0.265 e. The summed E-state index contributed by atoms with van der Waals surface area (Å²) in [6, 6.07) is 7.32. The van der Waals surface area contributed by atoms with Crippen molar-refractivity contribution >= 4 is 27.3 Å². The highest BCUT2D eigenvalue weighted by molar-refractivity contribution is 7.92. The maximum atomic E-state index is 12.2. The predicted molar refractivity (Wildman–Crippen MR) is 79.5 cm³/mol. The van der Waals surface area contributed by atoms with Crippen LogP contribution in [0, 0.1) is 0 Å². The van der Waals surface area contributed by atoms with Gasteiger partial charge in [0.1, 0.15) is 4.90 Å². The van der Waals surface area contributed by atoms with E-state index in [9.17, 15) is 8.42 Å². The minimum Gasteiger partial charge on any atom is -0.280 e. The molecule has 1 aromatic carbocycles. The van der Waals surface area contributed by atoms with Gasteiger partial charge in [0.15, 0.2) is 0 Å². The first kappa shape index (κ1) is 14.9. The summed E-state index contributed by atoms with van der Waals surface area (Å²) in [6.45, 7) is 0. The minimum atomic E-state index is -3.59. The van der Waals surface area contributed by atoms with Crippen LogP contribution in [-0.4, -0.2) is 24.1 Å². The number of nitrogens with one attached hydrogen (secondary N) is 1. The minimum absolute atomic E-state index is 0.145. The highest BCUT2D eigenvalue weighted by Gasteiger charge is 2.16. The van der Waals surface area contributed by atoms with E-state index >= 15 is 0 Å². The second-order valence-electron chi connectivity index (χ2n) is 4.45. The average Bonchev–Trinajstić information content (AvgIpc) is 2.84. The topological polar surface area (TPSA) is 64.0 Å². The SMILES string of the molecule is Cn1cc(S(=O)(=O)Nc2cccc(CCCCl)c2)cn1. The number of anilines is 1. The summed E-state index contributed by atoms with van der Waals surface area (Å²) in [4.78, 5) is 0.145. The van der Waals surface area contributed by atoms with Crippen LogP contribution in [0.15, 0.2) is 41.6 Å². The van der Waals surface area contributed by atoms with Crippen LogP contribution in [0.2, 0.25) is 0 Å². The second-order valence-corrected chi connectivity index (χ2v) is 6.51. The molecule has 7 heteroatoms. The lowest BCUT2D eigenvalue weighted by atomic mass is 10.1. The van der Waals surface area contributed by atoms with Crippen LogP contribution < -0.4 is 4.72 Å². The quantitative estimate of drug-likeness (QED) is 0.833. The van der Waals surface area contributed by atoms with Gasteiger partial charge in [0.25, 0.3) is 10.0 Å². The van der Waals surface area contributed by atoms with E-state index in [1.807, 2.05) is 18.2 Å². The molecule has 0 aliphatic rings. The van der Waals surface area contributed by atoms with E-state index in [0.29, 0.717) is 11.6 Å². The first-order valence-electron chi connectivity index (χ1n) is 6.17. The zero-order chi connectivity index (χ0) is 14.6. The van der Waals surface area contributed by atoms with Crippen molar-refractivity contribution in [2.45, 2.75) is 17.7 Å². The van der Waals surface area contributed by atoms with E-state index in [1.165, 1.54) is 17.1 Å². The van der Waals surface area contributed by atoms with Crippen molar-refractivity contribution in [3.63, 3.8) is 0 Å². The number of sulfonamides is 1. The maximum absolute atomic E-state index is 12.2. The number of benzene rings is 1. The molecule has 1 heterocycles. The Morgan fingerprint density at radius 1 is 1.40 bits per heavy atom. The molecule has 0 aliphatic heterocycles. The van der Waals surface area contributed by atoms with Gasteiger partial charge in [-0.1, -0.05) is 12.1 Å². The fourth-order valence-electron chi connectivity index (χ4n) is 1.81. The predicted octanol–water partition coefficient (Wildman–Crippen LogP) is 2.39. The fraction of sp³-hybridized carbons (Fsp3) is 0.308. The van der Waals surface area contributed by atoms with Crippen molar-refractivity contribution in [1.29, 1.82) is 0 Å². The number of halogens is 1. The highest BCUT2D eigenvalue weighted by atomic mass is 35.5. The molecule has 20 heavy (non-hydrogen) atoms. The van der Waals surface area contributed by atoms with Gasteiger partial charge >= 0.3 is 0 Å². The van der Waals surface area contributed by atoms with Gasteiger partial charge in [-0.2, -0.15) is 5.10 Å². The van der Waals surface area contributed by atoms with Crippen LogP contribution in [-0.2, 0) is 23.5 Å². The van der Waals surface area contributed by atoms with E-state index < -0.39 is 10.0 Å². The van der Waals surface area contributed by atoms with E-state index in [1.54, 1.807) is 13.1 Å². The van der Waals surface area contributed by atoms with Crippen molar-refractivity contribution in [1.82, 2.24) is 9.78 Å². The largest absolute Gasteiger partial charge is 0.280 e. The molecule has 2 rings (SSSR count). The fourth-order valence-corrected chi connectivity index (χ4v) is 2.98. The number of aromatic nitrogens is 2. The molecular formula is C13H16ClN3O2S. The summed E-state index contributed by atoms with van der Waals surface area (Å²) in [5, 5.41) is 3.87. The molecule has 0 spiro atoms. The van der Waals surface area contributed by atoms with Crippen LogP contribution in [0.5, 0.6) is 0 Å². The zero-order valence-electron chi connectivity index (χ0n) is 11.1. The van der Waals surface area contributed by atoms with Gasteiger partial charge in [-0.25, -0.2) is 8.42 Å². The molecule has 5 nitrogen and oxygen atoms in total. The third-order valence-electron chi connectivity index (χ3n) is 2.77. The number of hydrogen-bond donors (Lipinski definition) is 1. The average molecular weight is 314 g/mol. The Bertz CT molecular complexity index is 682. The number of aryl methyl sites for hydroxylation is 2. The first-order chi connectivity index (χ1) is 9.51. The van der Waals surface area contributed by atoms with Gasteiger partial charge in [-0.05, 0) is 30.5 Å². The molecule has 2 aromatic rings. The lowest BCUT2D eigenvalue weighted by molar-refractivity contribution is 0.601. The Labute approximate surface area is 123 Å². The molecule has 0 aliphatic carbocycles. The molecule has 0 unspecified atom stereocenters. The van der Waals surface area contributed by atoms with Crippen LogP contribution >= 0.6 is 11.6 Å². The second kappa shape index (κ2) is 6.28. The summed E-state index contributed by atoms with van der Waals surface area (Å²) in [5.74, 6) is 0.589. The number of rotatable bonds is 6. The highest BCUT2D eigenvalue weighted by Crippen LogP contribution is 2.17. The molecule has 108 valence electrons. The van der Waals surface area contributed by atoms with Gasteiger partial charge in [0.2, 0.25) is 0 Å². The van der Waals surface area contributed by atoms with Crippen LogP contribution in [0.3, 0.4) is 0 Å². The number of hydrogen-bond acceptors (Lipinski definition) is 3. The lowest BCUT2D eigenvalue weighted by Gasteiger charge is -2.08. The third kappa shape index (κ3) is 3.74. The van der Waals surface area contributed by atoms with Gasteiger partial charge in [0.05, 0.1) is 6.20 Å². The molecule has 0 saturated carbocycles. The Morgan fingerprint density at radius 2 is 2.20 bits per heavy atom. The normalized spacial score (nSPS) is 11.5. The van der Waals surface area contributed by atoms with Crippen molar-refractivity contribution in [2.75, 3.05) is 10.6 Å². The van der Waals surface area contributed by atoms with Gasteiger partial charge in [-0.3, -0.25) is 9.40 Å². The molecule has 0 saturated heterocycles.